The van der Waals surface area contributed by atoms with Gasteiger partial charge in [-0.1, -0.05) is 0 Å². The second kappa shape index (κ2) is 7.87. The highest BCUT2D eigenvalue weighted by molar-refractivity contribution is 5.96. The minimum atomic E-state index is -0.641. The number of hydrogen-bond acceptors (Lipinski definition) is 7. The number of primary amides is 1. The van der Waals surface area contributed by atoms with Crippen molar-refractivity contribution >= 4 is 23.5 Å². The van der Waals surface area contributed by atoms with Crippen LogP contribution in [0.5, 0.6) is 0 Å². The van der Waals surface area contributed by atoms with E-state index in [0.29, 0.717) is 16.9 Å². The molecule has 10 nitrogen and oxygen atoms in total. The Hall–Kier alpha value is -4.08. The van der Waals surface area contributed by atoms with Crippen molar-refractivity contribution < 1.29 is 19.1 Å². The molecule has 0 radical (unpaired) electrons. The smallest absolute Gasteiger partial charge is 0.338 e. The molecule has 10 heteroatoms. The molecular formula is C17H14N6O4. The van der Waals surface area contributed by atoms with E-state index in [1.54, 1.807) is 24.3 Å². The number of nitrogens with zero attached hydrogens (tertiary/aromatic N) is 4. The van der Waals surface area contributed by atoms with Gasteiger partial charge in [0.15, 0.2) is 6.61 Å². The molecule has 136 valence electrons. The van der Waals surface area contributed by atoms with Crippen molar-refractivity contribution in [1.82, 2.24) is 20.2 Å². The molecule has 2 amide bonds. The number of tetrazole rings is 1. The molecule has 0 fully saturated rings. The van der Waals surface area contributed by atoms with E-state index in [0.717, 1.165) is 0 Å². The molecular weight excluding hydrogens is 352 g/mol. The largest absolute Gasteiger partial charge is 0.452 e. The van der Waals surface area contributed by atoms with Gasteiger partial charge >= 0.3 is 5.97 Å². The van der Waals surface area contributed by atoms with Gasteiger partial charge in [0.1, 0.15) is 6.33 Å². The maximum Gasteiger partial charge on any atom is 0.338 e. The molecule has 3 rings (SSSR count). The van der Waals surface area contributed by atoms with Gasteiger partial charge < -0.3 is 15.8 Å². The number of amides is 2. The lowest BCUT2D eigenvalue weighted by Gasteiger charge is -2.07. The number of rotatable bonds is 6. The van der Waals surface area contributed by atoms with Gasteiger partial charge in [-0.05, 0) is 59.0 Å². The predicted octanol–water partition coefficient (Wildman–Crippen LogP) is 0.557. The maximum atomic E-state index is 12.0. The van der Waals surface area contributed by atoms with E-state index in [4.69, 9.17) is 10.5 Å². The molecule has 0 saturated carbocycles. The van der Waals surface area contributed by atoms with Crippen LogP contribution >= 0.6 is 0 Å². The Morgan fingerprint density at radius 2 is 1.67 bits per heavy atom. The second-order valence-corrected chi connectivity index (χ2v) is 5.37. The number of nitrogens with two attached hydrogens (primary N) is 1. The second-order valence-electron chi connectivity index (χ2n) is 5.37. The molecule has 0 aliphatic carbocycles. The minimum Gasteiger partial charge on any atom is -0.452 e. The third-order valence-electron chi connectivity index (χ3n) is 3.50. The Labute approximate surface area is 152 Å². The van der Waals surface area contributed by atoms with Gasteiger partial charge in [-0.25, -0.2) is 9.48 Å². The first-order chi connectivity index (χ1) is 13.0. The van der Waals surface area contributed by atoms with Crippen molar-refractivity contribution in [3.8, 4) is 5.69 Å². The molecule has 0 saturated heterocycles. The molecule has 27 heavy (non-hydrogen) atoms. The number of aromatic nitrogens is 4. The average molecular weight is 366 g/mol. The van der Waals surface area contributed by atoms with E-state index >= 15 is 0 Å². The highest BCUT2D eigenvalue weighted by atomic mass is 16.5. The summed E-state index contributed by atoms with van der Waals surface area (Å²) in [5, 5.41) is 13.3. The molecule has 0 unspecified atom stereocenters. The Kier molecular flexibility index (Phi) is 5.17. The van der Waals surface area contributed by atoms with Crippen LogP contribution in [0.15, 0.2) is 54.9 Å². The summed E-state index contributed by atoms with van der Waals surface area (Å²) in [4.78, 5) is 34.9. The number of anilines is 1. The number of carbonyl (C=O) groups is 3. The topological polar surface area (TPSA) is 142 Å². The summed E-state index contributed by atoms with van der Waals surface area (Å²) in [6.45, 7) is -0.453. The predicted molar refractivity (Wildman–Crippen MR) is 93.0 cm³/mol. The van der Waals surface area contributed by atoms with Crippen LogP contribution in [-0.2, 0) is 9.53 Å². The third kappa shape index (κ3) is 4.51. The maximum absolute atomic E-state index is 12.0. The lowest BCUT2D eigenvalue weighted by Crippen LogP contribution is -2.21. The molecule has 1 heterocycles. The zero-order valence-corrected chi connectivity index (χ0v) is 13.9. The van der Waals surface area contributed by atoms with Crippen molar-refractivity contribution in [3.63, 3.8) is 0 Å². The van der Waals surface area contributed by atoms with Crippen molar-refractivity contribution in [3.05, 3.63) is 66.0 Å². The summed E-state index contributed by atoms with van der Waals surface area (Å²) in [7, 11) is 0. The van der Waals surface area contributed by atoms with E-state index in [1.165, 1.54) is 35.3 Å². The molecule has 0 aliphatic heterocycles. The number of nitrogens with one attached hydrogen (secondary N) is 1. The molecule has 2 aromatic carbocycles. The first kappa shape index (κ1) is 17.7. The monoisotopic (exact) mass is 366 g/mol. The summed E-state index contributed by atoms with van der Waals surface area (Å²) >= 11 is 0. The standard InChI is InChI=1S/C17H14N6O4/c18-16(25)11-1-5-13(6-2-11)20-15(24)9-27-17(26)12-3-7-14(8-4-12)23-10-19-21-22-23/h1-8,10H,9H2,(H2,18,25)(H,20,24). The van der Waals surface area contributed by atoms with Crippen LogP contribution in [-0.4, -0.2) is 44.6 Å². The summed E-state index contributed by atoms with van der Waals surface area (Å²) in [6.07, 6.45) is 1.42. The molecule has 3 N–H and O–H groups in total. The Morgan fingerprint density at radius 3 is 2.26 bits per heavy atom. The number of esters is 1. The SMILES string of the molecule is NC(=O)c1ccc(NC(=O)COC(=O)c2ccc(-n3cnnn3)cc2)cc1. The van der Waals surface area contributed by atoms with Crippen LogP contribution < -0.4 is 11.1 Å². The zero-order chi connectivity index (χ0) is 19.2. The fraction of sp³-hybridized carbons (Fsp3) is 0.0588. The van der Waals surface area contributed by atoms with Crippen LogP contribution in [0.3, 0.4) is 0 Å². The summed E-state index contributed by atoms with van der Waals surface area (Å²) < 4.78 is 6.42. The molecule has 0 bridgehead atoms. The van der Waals surface area contributed by atoms with Gasteiger partial charge in [-0.15, -0.1) is 5.10 Å². The highest BCUT2D eigenvalue weighted by Crippen LogP contribution is 2.10. The van der Waals surface area contributed by atoms with E-state index in [1.807, 2.05) is 0 Å². The molecule has 0 atom stereocenters. The number of carbonyl (C=O) groups excluding carboxylic acids is 3. The Balaban J connectivity index is 1.52. The first-order valence-electron chi connectivity index (χ1n) is 7.73. The van der Waals surface area contributed by atoms with Crippen molar-refractivity contribution in [2.24, 2.45) is 5.73 Å². The van der Waals surface area contributed by atoms with Gasteiger partial charge in [-0.2, -0.15) is 0 Å². The minimum absolute atomic E-state index is 0.283. The molecule has 0 spiro atoms. The van der Waals surface area contributed by atoms with Crippen LogP contribution in [0.1, 0.15) is 20.7 Å². The van der Waals surface area contributed by atoms with Crippen molar-refractivity contribution in [2.45, 2.75) is 0 Å². The summed E-state index contributed by atoms with van der Waals surface area (Å²) in [5.74, 6) is -1.72. The van der Waals surface area contributed by atoms with Crippen LogP contribution in [0, 0.1) is 0 Å². The van der Waals surface area contributed by atoms with Crippen LogP contribution in [0.25, 0.3) is 5.69 Å². The molecule has 0 aliphatic rings. The van der Waals surface area contributed by atoms with Crippen molar-refractivity contribution in [1.29, 1.82) is 0 Å². The van der Waals surface area contributed by atoms with E-state index < -0.39 is 24.4 Å². The normalized spacial score (nSPS) is 10.2. The van der Waals surface area contributed by atoms with Crippen molar-refractivity contribution in [2.75, 3.05) is 11.9 Å². The third-order valence-corrected chi connectivity index (χ3v) is 3.50. The lowest BCUT2D eigenvalue weighted by molar-refractivity contribution is -0.119. The van der Waals surface area contributed by atoms with Gasteiger partial charge in [0.25, 0.3) is 5.91 Å². The fourth-order valence-corrected chi connectivity index (χ4v) is 2.16. The van der Waals surface area contributed by atoms with Crippen LogP contribution in [0.4, 0.5) is 5.69 Å². The Morgan fingerprint density at radius 1 is 1.00 bits per heavy atom. The van der Waals surface area contributed by atoms with E-state index in [9.17, 15) is 14.4 Å². The fourth-order valence-electron chi connectivity index (χ4n) is 2.16. The number of ether oxygens (including phenoxy) is 1. The van der Waals surface area contributed by atoms with E-state index in [2.05, 4.69) is 20.8 Å². The lowest BCUT2D eigenvalue weighted by atomic mass is 10.2. The quantitative estimate of drug-likeness (QED) is 0.607. The van der Waals surface area contributed by atoms with Crippen LogP contribution in [0.2, 0.25) is 0 Å². The van der Waals surface area contributed by atoms with Gasteiger partial charge in [0.05, 0.1) is 11.3 Å². The summed E-state index contributed by atoms with van der Waals surface area (Å²) in [5.41, 5.74) is 6.88. The average Bonchev–Trinajstić information content (AvgIpc) is 3.21. The Bertz CT molecular complexity index is 952. The van der Waals surface area contributed by atoms with E-state index in [-0.39, 0.29) is 5.56 Å². The van der Waals surface area contributed by atoms with Gasteiger partial charge in [0, 0.05) is 11.3 Å². The first-order valence-corrected chi connectivity index (χ1v) is 7.73. The zero-order valence-electron chi connectivity index (χ0n) is 13.9. The number of hydrogen-bond donors (Lipinski definition) is 2. The molecule has 3 aromatic rings. The highest BCUT2D eigenvalue weighted by Gasteiger charge is 2.11. The van der Waals surface area contributed by atoms with Gasteiger partial charge in [-0.3, -0.25) is 9.59 Å². The summed E-state index contributed by atoms with van der Waals surface area (Å²) in [6, 6.07) is 12.4. The van der Waals surface area contributed by atoms with Gasteiger partial charge in [0.2, 0.25) is 5.91 Å². The molecule has 1 aromatic heterocycles. The number of benzene rings is 2.